The summed E-state index contributed by atoms with van der Waals surface area (Å²) in [5, 5.41) is 3.38. The average molecular weight is 290 g/mol. The van der Waals surface area contributed by atoms with E-state index in [9.17, 15) is 4.79 Å². The molecule has 0 spiro atoms. The van der Waals surface area contributed by atoms with E-state index in [2.05, 4.69) is 35.9 Å². The largest absolute Gasteiger partial charge is 0.341 e. The molecule has 1 atom stereocenters. The summed E-state index contributed by atoms with van der Waals surface area (Å²) in [5.41, 5.74) is -0.196. The van der Waals surface area contributed by atoms with Crippen LogP contribution in [0.2, 0.25) is 0 Å². The lowest BCUT2D eigenvalue weighted by molar-refractivity contribution is -0.139. The Hall–Kier alpha value is -0.320. The summed E-state index contributed by atoms with van der Waals surface area (Å²) in [4.78, 5) is 17.0. The van der Waals surface area contributed by atoms with Crippen molar-refractivity contribution in [2.24, 2.45) is 5.41 Å². The highest BCUT2D eigenvalue weighted by Crippen LogP contribution is 2.26. The van der Waals surface area contributed by atoms with Gasteiger partial charge in [-0.05, 0) is 12.8 Å². The van der Waals surface area contributed by atoms with Crippen molar-refractivity contribution in [3.05, 3.63) is 0 Å². The zero-order chi connectivity index (χ0) is 13.2. The van der Waals surface area contributed by atoms with Gasteiger partial charge in [-0.15, -0.1) is 12.4 Å². The fraction of sp³-hybridized carbons (Fsp3) is 0.929. The van der Waals surface area contributed by atoms with Crippen LogP contribution in [-0.2, 0) is 4.79 Å². The number of amides is 1. The minimum absolute atomic E-state index is 0. The standard InChI is InChI=1S/C14H27N3O.ClH/c1-4-14(2,3)13(18)17-8-5-12(11-17)16-9-6-15-7-10-16;/h12,15H,4-11H2,1-3H3;1H. The number of piperazine rings is 1. The van der Waals surface area contributed by atoms with Crippen LogP contribution >= 0.6 is 12.4 Å². The van der Waals surface area contributed by atoms with E-state index in [0.29, 0.717) is 11.9 Å². The maximum atomic E-state index is 12.4. The molecule has 0 aromatic rings. The van der Waals surface area contributed by atoms with Crippen LogP contribution in [0, 0.1) is 5.41 Å². The first-order chi connectivity index (χ1) is 8.54. The molecule has 4 nitrogen and oxygen atoms in total. The number of carbonyl (C=O) groups excluding carboxylic acids is 1. The second kappa shape index (κ2) is 6.91. The van der Waals surface area contributed by atoms with E-state index in [1.165, 1.54) is 0 Å². The number of likely N-dealkylation sites (tertiary alicyclic amines) is 1. The molecule has 2 heterocycles. The van der Waals surface area contributed by atoms with Gasteiger partial charge in [0.25, 0.3) is 0 Å². The molecule has 5 heteroatoms. The monoisotopic (exact) mass is 289 g/mol. The van der Waals surface area contributed by atoms with Crippen LogP contribution in [-0.4, -0.2) is 61.0 Å². The molecule has 2 saturated heterocycles. The number of hydrogen-bond acceptors (Lipinski definition) is 3. The first-order valence-electron chi connectivity index (χ1n) is 7.29. The highest BCUT2D eigenvalue weighted by atomic mass is 35.5. The molecular weight excluding hydrogens is 262 g/mol. The van der Waals surface area contributed by atoms with Crippen molar-refractivity contribution in [2.75, 3.05) is 39.3 Å². The van der Waals surface area contributed by atoms with E-state index < -0.39 is 0 Å². The third-order valence-corrected chi connectivity index (χ3v) is 4.58. The van der Waals surface area contributed by atoms with Gasteiger partial charge in [-0.25, -0.2) is 0 Å². The zero-order valence-corrected chi connectivity index (χ0v) is 13.3. The lowest BCUT2D eigenvalue weighted by atomic mass is 9.88. The molecule has 0 bridgehead atoms. The normalized spacial score (nSPS) is 25.2. The molecular formula is C14H28ClN3O. The smallest absolute Gasteiger partial charge is 0.228 e. The van der Waals surface area contributed by atoms with Crippen molar-refractivity contribution in [3.8, 4) is 0 Å². The van der Waals surface area contributed by atoms with Gasteiger partial charge >= 0.3 is 0 Å². The van der Waals surface area contributed by atoms with Gasteiger partial charge in [-0.1, -0.05) is 20.8 Å². The topological polar surface area (TPSA) is 35.6 Å². The van der Waals surface area contributed by atoms with Crippen molar-refractivity contribution < 1.29 is 4.79 Å². The molecule has 19 heavy (non-hydrogen) atoms. The summed E-state index contributed by atoms with van der Waals surface area (Å²) in [7, 11) is 0. The Balaban J connectivity index is 0.00000180. The van der Waals surface area contributed by atoms with Gasteiger partial charge in [0.1, 0.15) is 0 Å². The molecule has 1 N–H and O–H groups in total. The lowest BCUT2D eigenvalue weighted by Gasteiger charge is -2.33. The van der Waals surface area contributed by atoms with Crippen LogP contribution in [0.15, 0.2) is 0 Å². The maximum absolute atomic E-state index is 12.4. The van der Waals surface area contributed by atoms with Crippen molar-refractivity contribution >= 4 is 18.3 Å². The Kier molecular flexibility index (Phi) is 6.09. The number of carbonyl (C=O) groups is 1. The SMILES string of the molecule is CCC(C)(C)C(=O)N1CCC(N2CCNCC2)C1.Cl. The van der Waals surface area contributed by atoms with E-state index in [4.69, 9.17) is 0 Å². The van der Waals surface area contributed by atoms with Gasteiger partial charge in [-0.2, -0.15) is 0 Å². The molecule has 0 saturated carbocycles. The maximum Gasteiger partial charge on any atom is 0.228 e. The Morgan fingerprint density at radius 2 is 1.89 bits per heavy atom. The first kappa shape index (κ1) is 16.7. The Morgan fingerprint density at radius 3 is 2.47 bits per heavy atom. The number of halogens is 1. The minimum Gasteiger partial charge on any atom is -0.341 e. The van der Waals surface area contributed by atoms with Gasteiger partial charge in [-0.3, -0.25) is 9.69 Å². The van der Waals surface area contributed by atoms with Crippen LogP contribution in [0.4, 0.5) is 0 Å². The predicted octanol–water partition coefficient (Wildman–Crippen LogP) is 1.35. The van der Waals surface area contributed by atoms with Crippen LogP contribution in [0.3, 0.4) is 0 Å². The van der Waals surface area contributed by atoms with Crippen LogP contribution in [0.1, 0.15) is 33.6 Å². The van der Waals surface area contributed by atoms with Crippen molar-refractivity contribution in [2.45, 2.75) is 39.7 Å². The quantitative estimate of drug-likeness (QED) is 0.852. The van der Waals surface area contributed by atoms with Crippen LogP contribution in [0.5, 0.6) is 0 Å². The Morgan fingerprint density at radius 1 is 1.26 bits per heavy atom. The summed E-state index contributed by atoms with van der Waals surface area (Å²) in [6, 6.07) is 0.587. The van der Waals surface area contributed by atoms with Crippen LogP contribution in [0.25, 0.3) is 0 Å². The van der Waals surface area contributed by atoms with E-state index in [1.807, 2.05) is 0 Å². The predicted molar refractivity (Wildman–Crippen MR) is 80.7 cm³/mol. The molecule has 2 aliphatic rings. The number of hydrogen-bond donors (Lipinski definition) is 1. The van der Waals surface area contributed by atoms with E-state index >= 15 is 0 Å². The highest BCUT2D eigenvalue weighted by molar-refractivity contribution is 5.85. The molecule has 2 fully saturated rings. The zero-order valence-electron chi connectivity index (χ0n) is 12.4. The average Bonchev–Trinajstić information content (AvgIpc) is 2.88. The minimum atomic E-state index is -0.196. The second-order valence-corrected chi connectivity index (χ2v) is 6.22. The molecule has 0 aliphatic carbocycles. The molecule has 0 aromatic heterocycles. The summed E-state index contributed by atoms with van der Waals surface area (Å²) >= 11 is 0. The fourth-order valence-electron chi connectivity index (χ4n) is 2.85. The second-order valence-electron chi connectivity index (χ2n) is 6.22. The molecule has 2 rings (SSSR count). The first-order valence-corrected chi connectivity index (χ1v) is 7.29. The molecule has 2 aliphatic heterocycles. The van der Waals surface area contributed by atoms with Gasteiger partial charge in [0.2, 0.25) is 5.91 Å². The van der Waals surface area contributed by atoms with Crippen molar-refractivity contribution in [1.82, 2.24) is 15.1 Å². The van der Waals surface area contributed by atoms with Gasteiger partial charge in [0.15, 0.2) is 0 Å². The lowest BCUT2D eigenvalue weighted by Crippen LogP contribution is -2.50. The summed E-state index contributed by atoms with van der Waals surface area (Å²) in [6.07, 6.45) is 2.06. The Bertz CT molecular complexity index is 303. The van der Waals surface area contributed by atoms with Gasteiger partial charge in [0, 0.05) is 50.7 Å². The molecule has 1 unspecified atom stereocenters. The molecule has 0 radical (unpaired) electrons. The van der Waals surface area contributed by atoms with E-state index in [-0.39, 0.29) is 17.8 Å². The van der Waals surface area contributed by atoms with Crippen molar-refractivity contribution in [3.63, 3.8) is 0 Å². The fourth-order valence-corrected chi connectivity index (χ4v) is 2.85. The summed E-state index contributed by atoms with van der Waals surface area (Å²) < 4.78 is 0. The number of nitrogens with zero attached hydrogens (tertiary/aromatic N) is 2. The molecule has 1 amide bonds. The van der Waals surface area contributed by atoms with Crippen molar-refractivity contribution in [1.29, 1.82) is 0 Å². The number of nitrogens with one attached hydrogen (secondary N) is 1. The van der Waals surface area contributed by atoms with Gasteiger partial charge < -0.3 is 10.2 Å². The van der Waals surface area contributed by atoms with E-state index in [0.717, 1.165) is 52.1 Å². The third-order valence-electron chi connectivity index (χ3n) is 4.58. The summed E-state index contributed by atoms with van der Waals surface area (Å²) in [6.45, 7) is 12.5. The molecule has 0 aromatic carbocycles. The Labute approximate surface area is 123 Å². The van der Waals surface area contributed by atoms with Gasteiger partial charge in [0.05, 0.1) is 0 Å². The summed E-state index contributed by atoms with van der Waals surface area (Å²) in [5.74, 6) is 0.336. The van der Waals surface area contributed by atoms with Crippen LogP contribution < -0.4 is 5.32 Å². The van der Waals surface area contributed by atoms with E-state index in [1.54, 1.807) is 0 Å². The highest BCUT2D eigenvalue weighted by Gasteiger charge is 2.36. The third kappa shape index (κ3) is 3.83. The molecule has 112 valence electrons. The number of rotatable bonds is 3.